The standard InChI is InChI=1S/C22H24F7NO2/c23-20(21(24,25)26,22(27,28)29)13-3-5-14-12(10-13)2-4-16-15(14)6-7-17(16)18(31)30-11-19(32)8-1-9-19/h3,5,10,15-17,32H,1-2,4,6-9,11H2,(H,30,31)/t15-,16?,17+/m0/s1. The molecule has 3 aliphatic rings. The number of carbonyl (C=O) groups is 1. The third-order valence-corrected chi connectivity index (χ3v) is 7.50. The smallest absolute Gasteiger partial charge is 0.388 e. The normalized spacial score (nSPS) is 27.3. The van der Waals surface area contributed by atoms with Crippen molar-refractivity contribution in [2.75, 3.05) is 6.54 Å². The fourth-order valence-corrected chi connectivity index (χ4v) is 5.53. The van der Waals surface area contributed by atoms with Gasteiger partial charge in [-0.2, -0.15) is 26.3 Å². The van der Waals surface area contributed by atoms with Crippen molar-refractivity contribution < 1.29 is 40.6 Å². The highest BCUT2D eigenvalue weighted by Crippen LogP contribution is 2.55. The highest BCUT2D eigenvalue weighted by Gasteiger charge is 2.73. The summed E-state index contributed by atoms with van der Waals surface area (Å²) in [6, 6.07) is 2.42. The number of hydrogen-bond donors (Lipinski definition) is 2. The van der Waals surface area contributed by atoms with Crippen LogP contribution in [-0.2, 0) is 16.9 Å². The van der Waals surface area contributed by atoms with Crippen molar-refractivity contribution in [1.82, 2.24) is 5.32 Å². The van der Waals surface area contributed by atoms with E-state index in [1.807, 2.05) is 0 Å². The molecule has 0 heterocycles. The van der Waals surface area contributed by atoms with Gasteiger partial charge in [-0.1, -0.05) is 18.2 Å². The lowest BCUT2D eigenvalue weighted by atomic mass is 9.73. The number of amides is 1. The molecule has 0 spiro atoms. The van der Waals surface area contributed by atoms with E-state index in [9.17, 15) is 40.6 Å². The lowest BCUT2D eigenvalue weighted by molar-refractivity contribution is -0.348. The summed E-state index contributed by atoms with van der Waals surface area (Å²) in [7, 11) is 0. The van der Waals surface area contributed by atoms with Crippen LogP contribution in [0.1, 0.15) is 61.1 Å². The molecule has 1 aromatic rings. The minimum absolute atomic E-state index is 0.0928. The number of halogens is 7. The molecule has 0 aromatic heterocycles. The quantitative estimate of drug-likeness (QED) is 0.608. The summed E-state index contributed by atoms with van der Waals surface area (Å²) in [5, 5.41) is 13.0. The van der Waals surface area contributed by atoms with Crippen LogP contribution in [0.5, 0.6) is 0 Å². The average Bonchev–Trinajstić information content (AvgIpc) is 3.12. The van der Waals surface area contributed by atoms with E-state index in [2.05, 4.69) is 5.32 Å². The van der Waals surface area contributed by atoms with Gasteiger partial charge in [0, 0.05) is 18.0 Å². The Balaban J connectivity index is 1.54. The van der Waals surface area contributed by atoms with E-state index in [0.717, 1.165) is 12.5 Å². The van der Waals surface area contributed by atoms with Gasteiger partial charge in [0.1, 0.15) is 0 Å². The number of carbonyl (C=O) groups excluding carboxylic acids is 1. The molecule has 2 saturated carbocycles. The average molecular weight is 467 g/mol. The van der Waals surface area contributed by atoms with Crippen molar-refractivity contribution in [3.8, 4) is 0 Å². The summed E-state index contributed by atoms with van der Waals surface area (Å²) < 4.78 is 93.0. The minimum atomic E-state index is -6.14. The topological polar surface area (TPSA) is 49.3 Å². The molecule has 3 nitrogen and oxygen atoms in total. The Morgan fingerprint density at radius 1 is 1.03 bits per heavy atom. The SMILES string of the molecule is O=C(NCC1(O)CCC1)[C@@H]1CC[C@H]2c3ccc(C(F)(C(F)(F)F)C(F)(F)F)cc3CCC12. The molecule has 10 heteroatoms. The van der Waals surface area contributed by atoms with Crippen LogP contribution in [0.15, 0.2) is 18.2 Å². The summed E-state index contributed by atoms with van der Waals surface area (Å²) in [6.07, 6.45) is -8.42. The monoisotopic (exact) mass is 467 g/mol. The molecular weight excluding hydrogens is 443 g/mol. The molecule has 3 atom stereocenters. The molecule has 1 amide bonds. The predicted octanol–water partition coefficient (Wildman–Crippen LogP) is 5.06. The molecule has 0 bridgehead atoms. The molecule has 2 fully saturated rings. The van der Waals surface area contributed by atoms with Crippen LogP contribution >= 0.6 is 0 Å². The summed E-state index contributed by atoms with van der Waals surface area (Å²) >= 11 is 0. The highest BCUT2D eigenvalue weighted by molar-refractivity contribution is 5.79. The molecule has 178 valence electrons. The third kappa shape index (κ3) is 3.68. The third-order valence-electron chi connectivity index (χ3n) is 7.50. The van der Waals surface area contributed by atoms with E-state index in [1.54, 1.807) is 0 Å². The van der Waals surface area contributed by atoms with Crippen LogP contribution < -0.4 is 5.32 Å². The first-order valence-corrected chi connectivity index (χ1v) is 10.7. The van der Waals surface area contributed by atoms with Crippen LogP contribution in [0, 0.1) is 11.8 Å². The van der Waals surface area contributed by atoms with Crippen molar-refractivity contribution in [3.63, 3.8) is 0 Å². The Bertz CT molecular complexity index is 877. The molecule has 4 rings (SSSR count). The van der Waals surface area contributed by atoms with Crippen molar-refractivity contribution in [1.29, 1.82) is 0 Å². The highest BCUT2D eigenvalue weighted by atomic mass is 19.4. The first-order valence-electron chi connectivity index (χ1n) is 10.7. The second-order valence-electron chi connectivity index (χ2n) is 9.36. The Kier molecular flexibility index (Phi) is 5.54. The van der Waals surface area contributed by atoms with Gasteiger partial charge in [0.25, 0.3) is 0 Å². The lowest BCUT2D eigenvalue weighted by Crippen LogP contribution is -2.50. The first-order chi connectivity index (χ1) is 14.8. The molecule has 0 saturated heterocycles. The van der Waals surface area contributed by atoms with Gasteiger partial charge in [-0.05, 0) is 67.9 Å². The van der Waals surface area contributed by atoms with Crippen LogP contribution in [0.2, 0.25) is 0 Å². The Hall–Kier alpha value is -1.84. The van der Waals surface area contributed by atoms with Gasteiger partial charge in [-0.25, -0.2) is 4.39 Å². The van der Waals surface area contributed by atoms with Gasteiger partial charge in [0.05, 0.1) is 5.60 Å². The fourth-order valence-electron chi connectivity index (χ4n) is 5.53. The number of fused-ring (bicyclic) bond motifs is 3. The van der Waals surface area contributed by atoms with Crippen molar-refractivity contribution in [2.24, 2.45) is 11.8 Å². The maximum atomic E-state index is 14.4. The van der Waals surface area contributed by atoms with Gasteiger partial charge in [-0.15, -0.1) is 0 Å². The molecule has 1 unspecified atom stereocenters. The predicted molar refractivity (Wildman–Crippen MR) is 100 cm³/mol. The summed E-state index contributed by atoms with van der Waals surface area (Å²) in [4.78, 5) is 12.7. The first kappa shape index (κ1) is 23.3. The van der Waals surface area contributed by atoms with Crippen molar-refractivity contribution >= 4 is 5.91 Å². The molecular formula is C22H24F7NO2. The number of aliphatic hydroxyl groups is 1. The summed E-state index contributed by atoms with van der Waals surface area (Å²) in [5.41, 5.74) is -6.91. The number of hydrogen-bond acceptors (Lipinski definition) is 2. The molecule has 32 heavy (non-hydrogen) atoms. The van der Waals surface area contributed by atoms with E-state index < -0.39 is 29.2 Å². The van der Waals surface area contributed by atoms with Crippen molar-refractivity contribution in [3.05, 3.63) is 34.9 Å². The second-order valence-corrected chi connectivity index (χ2v) is 9.36. The Morgan fingerprint density at radius 2 is 1.69 bits per heavy atom. The second kappa shape index (κ2) is 7.60. The molecule has 2 N–H and O–H groups in total. The van der Waals surface area contributed by atoms with Gasteiger partial charge in [-0.3, -0.25) is 4.79 Å². The zero-order valence-corrected chi connectivity index (χ0v) is 17.1. The van der Waals surface area contributed by atoms with Gasteiger partial charge in [0.2, 0.25) is 5.91 Å². The maximum Gasteiger partial charge on any atom is 0.435 e. The Morgan fingerprint density at radius 3 is 2.25 bits per heavy atom. The maximum absolute atomic E-state index is 14.4. The molecule has 0 aliphatic heterocycles. The van der Waals surface area contributed by atoms with Crippen LogP contribution in [0.4, 0.5) is 30.7 Å². The van der Waals surface area contributed by atoms with E-state index in [-0.39, 0.29) is 42.2 Å². The summed E-state index contributed by atoms with van der Waals surface area (Å²) in [5.74, 6) is -0.789. The van der Waals surface area contributed by atoms with E-state index in [4.69, 9.17) is 0 Å². The van der Waals surface area contributed by atoms with E-state index >= 15 is 0 Å². The number of benzene rings is 1. The van der Waals surface area contributed by atoms with E-state index in [0.29, 0.717) is 49.8 Å². The zero-order valence-electron chi connectivity index (χ0n) is 17.1. The molecule has 1 aromatic carbocycles. The van der Waals surface area contributed by atoms with E-state index in [1.165, 1.54) is 0 Å². The number of aryl methyl sites for hydroxylation is 1. The summed E-state index contributed by atoms with van der Waals surface area (Å²) in [6.45, 7) is 0.174. The number of alkyl halides is 7. The fraction of sp³-hybridized carbons (Fsp3) is 0.682. The number of rotatable bonds is 4. The van der Waals surface area contributed by atoms with Gasteiger partial charge in [0.15, 0.2) is 0 Å². The Labute approximate surface area is 180 Å². The largest absolute Gasteiger partial charge is 0.435 e. The van der Waals surface area contributed by atoms with Crippen LogP contribution in [-0.4, -0.2) is 35.5 Å². The van der Waals surface area contributed by atoms with Gasteiger partial charge >= 0.3 is 18.0 Å². The van der Waals surface area contributed by atoms with Crippen LogP contribution in [0.25, 0.3) is 0 Å². The molecule has 3 aliphatic carbocycles. The lowest BCUT2D eigenvalue weighted by Gasteiger charge is -2.37. The molecule has 0 radical (unpaired) electrons. The zero-order chi connectivity index (χ0) is 23.5. The van der Waals surface area contributed by atoms with Crippen molar-refractivity contribution in [2.45, 2.75) is 74.5 Å². The van der Waals surface area contributed by atoms with Crippen LogP contribution in [0.3, 0.4) is 0 Å². The van der Waals surface area contributed by atoms with Gasteiger partial charge < -0.3 is 10.4 Å². The minimum Gasteiger partial charge on any atom is -0.388 e. The number of nitrogens with one attached hydrogen (secondary N) is 1.